The van der Waals surface area contributed by atoms with Crippen molar-refractivity contribution in [1.82, 2.24) is 10.2 Å². The third kappa shape index (κ3) is 4.88. The summed E-state index contributed by atoms with van der Waals surface area (Å²) in [5.41, 5.74) is 2.49. The quantitative estimate of drug-likeness (QED) is 0.575. The fourth-order valence-electron chi connectivity index (χ4n) is 3.93. The number of amides is 1. The number of esters is 1. The first-order valence-electron chi connectivity index (χ1n) is 11.0. The minimum atomic E-state index is -0.580. The Bertz CT molecular complexity index is 1060. The SMILES string of the molecule is COc1ccc(OC)c([C@H]2C(C(=O)OC(C)C)=C(C)N=C3SC=C(CC(=O)NC4CC4)N32)c1. The van der Waals surface area contributed by atoms with Crippen molar-refractivity contribution >= 4 is 28.8 Å². The Hall–Kier alpha value is -2.94. The Morgan fingerprint density at radius 3 is 2.64 bits per heavy atom. The average Bonchev–Trinajstić information content (AvgIpc) is 3.50. The molecule has 0 spiro atoms. The van der Waals surface area contributed by atoms with Gasteiger partial charge in [-0.2, -0.15) is 0 Å². The Morgan fingerprint density at radius 2 is 2.00 bits per heavy atom. The van der Waals surface area contributed by atoms with E-state index in [1.165, 1.54) is 11.8 Å². The molecule has 1 atom stereocenters. The molecule has 33 heavy (non-hydrogen) atoms. The molecular weight excluding hydrogens is 442 g/mol. The highest BCUT2D eigenvalue weighted by Gasteiger charge is 2.43. The third-order valence-corrected chi connectivity index (χ3v) is 6.47. The van der Waals surface area contributed by atoms with E-state index in [0.717, 1.165) is 24.1 Å². The monoisotopic (exact) mass is 471 g/mol. The molecule has 1 saturated carbocycles. The van der Waals surface area contributed by atoms with E-state index in [4.69, 9.17) is 14.2 Å². The number of amidine groups is 1. The van der Waals surface area contributed by atoms with Crippen LogP contribution < -0.4 is 14.8 Å². The zero-order chi connectivity index (χ0) is 23.7. The molecule has 8 nitrogen and oxygen atoms in total. The van der Waals surface area contributed by atoms with E-state index in [0.29, 0.717) is 27.9 Å². The second-order valence-electron chi connectivity index (χ2n) is 8.47. The number of carbonyl (C=O) groups is 2. The van der Waals surface area contributed by atoms with Crippen molar-refractivity contribution in [2.45, 2.75) is 58.2 Å². The van der Waals surface area contributed by atoms with E-state index in [1.54, 1.807) is 27.2 Å². The van der Waals surface area contributed by atoms with Gasteiger partial charge in [-0.15, -0.1) is 0 Å². The van der Waals surface area contributed by atoms with Crippen LogP contribution in [0.25, 0.3) is 0 Å². The Morgan fingerprint density at radius 1 is 1.24 bits per heavy atom. The van der Waals surface area contributed by atoms with Crippen molar-refractivity contribution in [1.29, 1.82) is 0 Å². The maximum atomic E-state index is 13.3. The molecule has 1 aromatic rings. The molecule has 1 fully saturated rings. The lowest BCUT2D eigenvalue weighted by molar-refractivity contribution is -0.143. The average molecular weight is 472 g/mol. The molecule has 2 aliphatic heterocycles. The van der Waals surface area contributed by atoms with Gasteiger partial charge in [-0.25, -0.2) is 9.79 Å². The van der Waals surface area contributed by atoms with Gasteiger partial charge in [-0.05, 0) is 57.2 Å². The van der Waals surface area contributed by atoms with Crippen molar-refractivity contribution in [3.63, 3.8) is 0 Å². The van der Waals surface area contributed by atoms with Gasteiger partial charge in [0.15, 0.2) is 5.17 Å². The summed E-state index contributed by atoms with van der Waals surface area (Å²) >= 11 is 1.44. The number of allylic oxidation sites excluding steroid dienone is 1. The van der Waals surface area contributed by atoms with Crippen LogP contribution >= 0.6 is 11.8 Å². The number of ether oxygens (including phenoxy) is 3. The molecular formula is C24H29N3O5S. The molecule has 3 aliphatic rings. The number of fused-ring (bicyclic) bond motifs is 1. The van der Waals surface area contributed by atoms with Gasteiger partial charge in [-0.1, -0.05) is 11.8 Å². The first kappa shape index (κ1) is 23.2. The molecule has 0 bridgehead atoms. The summed E-state index contributed by atoms with van der Waals surface area (Å²) in [7, 11) is 3.18. The molecule has 1 aliphatic carbocycles. The minimum Gasteiger partial charge on any atom is -0.497 e. The zero-order valence-corrected chi connectivity index (χ0v) is 20.3. The van der Waals surface area contributed by atoms with E-state index in [2.05, 4.69) is 10.3 Å². The van der Waals surface area contributed by atoms with E-state index in [-0.39, 0.29) is 24.5 Å². The van der Waals surface area contributed by atoms with Gasteiger partial charge < -0.3 is 24.4 Å². The number of nitrogens with one attached hydrogen (secondary N) is 1. The smallest absolute Gasteiger partial charge is 0.338 e. The standard InChI is InChI=1S/C24H29N3O5S/c1-13(2)32-23(29)21-14(3)25-24-27(16(12-33-24)10-20(28)26-15-6-7-15)22(21)18-11-17(30-4)8-9-19(18)31-5/h8-9,11-13,15,22H,6-7,10H2,1-5H3,(H,26,28)/t22-/m0/s1. The fraction of sp³-hybridized carbons (Fsp3) is 0.458. The van der Waals surface area contributed by atoms with E-state index >= 15 is 0 Å². The number of aliphatic imine (C=N–C) groups is 1. The second kappa shape index (κ2) is 9.51. The molecule has 1 amide bonds. The van der Waals surface area contributed by atoms with Crippen LogP contribution in [-0.2, 0) is 14.3 Å². The van der Waals surface area contributed by atoms with Crippen molar-refractivity contribution in [3.8, 4) is 11.5 Å². The molecule has 0 radical (unpaired) electrons. The van der Waals surface area contributed by atoms with E-state index in [9.17, 15) is 9.59 Å². The van der Waals surface area contributed by atoms with Gasteiger partial charge in [0.2, 0.25) is 5.91 Å². The van der Waals surface area contributed by atoms with Gasteiger partial charge in [0, 0.05) is 17.3 Å². The molecule has 9 heteroatoms. The molecule has 0 saturated heterocycles. The maximum Gasteiger partial charge on any atom is 0.338 e. The number of hydrogen-bond donors (Lipinski definition) is 1. The summed E-state index contributed by atoms with van der Waals surface area (Å²) < 4.78 is 16.7. The van der Waals surface area contributed by atoms with Crippen molar-refractivity contribution in [2.75, 3.05) is 14.2 Å². The molecule has 0 aromatic heterocycles. The Labute approximate surface area is 198 Å². The highest BCUT2D eigenvalue weighted by atomic mass is 32.2. The Balaban J connectivity index is 1.79. The lowest BCUT2D eigenvalue weighted by Crippen LogP contribution is -2.38. The maximum absolute atomic E-state index is 13.3. The lowest BCUT2D eigenvalue weighted by atomic mass is 9.92. The van der Waals surface area contributed by atoms with Crippen LogP contribution in [-0.4, -0.2) is 48.3 Å². The number of methoxy groups -OCH3 is 2. The summed E-state index contributed by atoms with van der Waals surface area (Å²) in [4.78, 5) is 32.5. The van der Waals surface area contributed by atoms with Crippen LogP contribution in [0.4, 0.5) is 0 Å². The van der Waals surface area contributed by atoms with Crippen molar-refractivity contribution in [2.24, 2.45) is 4.99 Å². The van der Waals surface area contributed by atoms with Gasteiger partial charge in [0.05, 0.1) is 44.1 Å². The molecule has 0 unspecified atom stereocenters. The lowest BCUT2D eigenvalue weighted by Gasteiger charge is -2.37. The molecule has 4 rings (SSSR count). The highest BCUT2D eigenvalue weighted by molar-refractivity contribution is 8.16. The van der Waals surface area contributed by atoms with Crippen LogP contribution in [0.3, 0.4) is 0 Å². The molecule has 2 heterocycles. The fourth-order valence-corrected chi connectivity index (χ4v) is 4.89. The predicted octanol–water partition coefficient (Wildman–Crippen LogP) is 3.90. The predicted molar refractivity (Wildman–Crippen MR) is 127 cm³/mol. The first-order chi connectivity index (χ1) is 15.8. The normalized spacial score (nSPS) is 19.7. The van der Waals surface area contributed by atoms with Crippen LogP contribution in [0.5, 0.6) is 11.5 Å². The first-order valence-corrected chi connectivity index (χ1v) is 11.9. The topological polar surface area (TPSA) is 89.5 Å². The van der Waals surface area contributed by atoms with Gasteiger partial charge in [-0.3, -0.25) is 4.79 Å². The van der Waals surface area contributed by atoms with Crippen LogP contribution in [0.1, 0.15) is 51.6 Å². The van der Waals surface area contributed by atoms with Crippen LogP contribution in [0.2, 0.25) is 0 Å². The van der Waals surface area contributed by atoms with Crippen LogP contribution in [0.15, 0.2) is 45.6 Å². The highest BCUT2D eigenvalue weighted by Crippen LogP contribution is 2.47. The number of carbonyl (C=O) groups excluding carboxylic acids is 2. The summed E-state index contributed by atoms with van der Waals surface area (Å²) in [6, 6.07) is 5.17. The summed E-state index contributed by atoms with van der Waals surface area (Å²) in [6.45, 7) is 5.43. The van der Waals surface area contributed by atoms with E-state index in [1.807, 2.05) is 36.3 Å². The van der Waals surface area contributed by atoms with Gasteiger partial charge >= 0.3 is 5.97 Å². The number of benzene rings is 1. The number of hydrogen-bond acceptors (Lipinski definition) is 8. The third-order valence-electron chi connectivity index (χ3n) is 5.58. The van der Waals surface area contributed by atoms with Crippen molar-refractivity contribution in [3.05, 3.63) is 46.1 Å². The number of nitrogens with zero attached hydrogens (tertiary/aromatic N) is 2. The second-order valence-corrected chi connectivity index (χ2v) is 9.31. The number of thioether (sulfide) groups is 1. The Kier molecular flexibility index (Phi) is 6.69. The number of rotatable bonds is 8. The summed E-state index contributed by atoms with van der Waals surface area (Å²) in [6.07, 6.45) is 1.94. The van der Waals surface area contributed by atoms with Gasteiger partial charge in [0.1, 0.15) is 11.5 Å². The molecule has 1 aromatic carbocycles. The summed E-state index contributed by atoms with van der Waals surface area (Å²) in [5.74, 6) is 0.745. The summed E-state index contributed by atoms with van der Waals surface area (Å²) in [5, 5.41) is 5.67. The van der Waals surface area contributed by atoms with E-state index < -0.39 is 12.0 Å². The van der Waals surface area contributed by atoms with Crippen molar-refractivity contribution < 1.29 is 23.8 Å². The molecule has 176 valence electrons. The molecule has 1 N–H and O–H groups in total. The van der Waals surface area contributed by atoms with Gasteiger partial charge in [0.25, 0.3) is 0 Å². The zero-order valence-electron chi connectivity index (χ0n) is 19.5. The minimum absolute atomic E-state index is 0.0421. The van der Waals surface area contributed by atoms with Crippen LogP contribution in [0, 0.1) is 0 Å². The largest absolute Gasteiger partial charge is 0.497 e.